The zero-order chi connectivity index (χ0) is 15.1. The molecule has 1 saturated heterocycles. The maximum atomic E-state index is 12.3. The van der Waals surface area contributed by atoms with Crippen LogP contribution in [0.2, 0.25) is 5.02 Å². The van der Waals surface area contributed by atoms with Crippen LogP contribution in [0.3, 0.4) is 0 Å². The molecule has 1 aromatic heterocycles. The predicted molar refractivity (Wildman–Crippen MR) is 84.9 cm³/mol. The Labute approximate surface area is 133 Å². The van der Waals surface area contributed by atoms with Crippen molar-refractivity contribution in [1.82, 2.24) is 20.4 Å². The molecule has 2 bridgehead atoms. The zero-order valence-electron chi connectivity index (χ0n) is 12.0. The zero-order valence-corrected chi connectivity index (χ0v) is 12.8. The molecule has 5 nitrogen and oxygen atoms in total. The number of halogens is 1. The number of nitrogens with one attached hydrogen (secondary N) is 2. The van der Waals surface area contributed by atoms with Crippen LogP contribution < -0.4 is 10.6 Å². The van der Waals surface area contributed by atoms with E-state index in [2.05, 4.69) is 15.7 Å². The molecule has 22 heavy (non-hydrogen) atoms. The van der Waals surface area contributed by atoms with Crippen molar-refractivity contribution in [3.05, 3.63) is 41.7 Å². The van der Waals surface area contributed by atoms with Gasteiger partial charge < -0.3 is 10.6 Å². The lowest BCUT2D eigenvalue weighted by Gasteiger charge is -2.23. The molecule has 6 heteroatoms. The molecule has 2 aliphatic rings. The average Bonchev–Trinajstić information content (AvgIpc) is 3.23. The minimum absolute atomic E-state index is 0.173. The van der Waals surface area contributed by atoms with Gasteiger partial charge in [-0.1, -0.05) is 23.7 Å². The standard InChI is InChI=1S/C16H17ClN4O/c17-13-3-1-2-11(6-13)12-8-19-21(9-12)16(22)20-15-5-10-4-14(15)18-7-10/h1-3,6,8-10,14-15,18H,4-5,7H2,(H,20,22). The van der Waals surface area contributed by atoms with Gasteiger partial charge in [0.2, 0.25) is 0 Å². The number of piperidine rings is 1. The van der Waals surface area contributed by atoms with E-state index in [0.717, 1.165) is 30.5 Å². The molecule has 2 heterocycles. The number of carbonyl (C=O) groups excluding carboxylic acids is 1. The Balaban J connectivity index is 1.48. The van der Waals surface area contributed by atoms with Crippen LogP contribution in [-0.2, 0) is 0 Å². The summed E-state index contributed by atoms with van der Waals surface area (Å²) in [6.07, 6.45) is 5.65. The lowest BCUT2D eigenvalue weighted by atomic mass is 10.1. The molecular weight excluding hydrogens is 300 g/mol. The van der Waals surface area contributed by atoms with Crippen molar-refractivity contribution >= 4 is 17.6 Å². The van der Waals surface area contributed by atoms with Crippen molar-refractivity contribution in [3.8, 4) is 11.1 Å². The van der Waals surface area contributed by atoms with Crippen LogP contribution in [0.25, 0.3) is 11.1 Å². The average molecular weight is 317 g/mol. The molecule has 0 radical (unpaired) electrons. The summed E-state index contributed by atoms with van der Waals surface area (Å²) in [7, 11) is 0. The van der Waals surface area contributed by atoms with Crippen LogP contribution in [0.4, 0.5) is 4.79 Å². The van der Waals surface area contributed by atoms with Crippen LogP contribution in [-0.4, -0.2) is 34.4 Å². The van der Waals surface area contributed by atoms with E-state index in [1.54, 1.807) is 12.4 Å². The van der Waals surface area contributed by atoms with Crippen molar-refractivity contribution in [3.63, 3.8) is 0 Å². The van der Waals surface area contributed by atoms with Gasteiger partial charge in [0.1, 0.15) is 0 Å². The van der Waals surface area contributed by atoms with E-state index in [4.69, 9.17) is 11.6 Å². The van der Waals surface area contributed by atoms with Crippen LogP contribution in [0.5, 0.6) is 0 Å². The molecule has 1 amide bonds. The highest BCUT2D eigenvalue weighted by molar-refractivity contribution is 6.30. The van der Waals surface area contributed by atoms with Gasteiger partial charge in [-0.25, -0.2) is 4.79 Å². The fraction of sp³-hybridized carbons (Fsp3) is 0.375. The number of carbonyl (C=O) groups is 1. The highest BCUT2D eigenvalue weighted by Crippen LogP contribution is 2.31. The molecule has 0 spiro atoms. The largest absolute Gasteiger partial charge is 0.342 e. The molecule has 1 aliphatic carbocycles. The van der Waals surface area contributed by atoms with Crippen LogP contribution in [0.1, 0.15) is 12.8 Å². The highest BCUT2D eigenvalue weighted by Gasteiger charge is 2.40. The number of hydrogen-bond donors (Lipinski definition) is 2. The van der Waals surface area contributed by atoms with Gasteiger partial charge in [-0.05, 0) is 43.0 Å². The predicted octanol–water partition coefficient (Wildman–Crippen LogP) is 2.51. The number of aromatic nitrogens is 2. The van der Waals surface area contributed by atoms with E-state index in [1.807, 2.05) is 24.3 Å². The first-order valence-corrected chi connectivity index (χ1v) is 7.92. The third-order valence-corrected chi connectivity index (χ3v) is 4.82. The Hall–Kier alpha value is -1.85. The first kappa shape index (κ1) is 13.8. The summed E-state index contributed by atoms with van der Waals surface area (Å²) < 4.78 is 1.36. The second-order valence-electron chi connectivity index (χ2n) is 6.09. The van der Waals surface area contributed by atoms with E-state index in [9.17, 15) is 4.79 Å². The Morgan fingerprint density at radius 2 is 2.27 bits per heavy atom. The fourth-order valence-electron chi connectivity index (χ4n) is 3.49. The number of hydrogen-bond acceptors (Lipinski definition) is 3. The molecule has 2 N–H and O–H groups in total. The molecule has 1 aromatic carbocycles. The van der Waals surface area contributed by atoms with Gasteiger partial charge in [0, 0.05) is 28.9 Å². The van der Waals surface area contributed by atoms with Crippen molar-refractivity contribution in [1.29, 1.82) is 0 Å². The molecule has 1 aliphatic heterocycles. The van der Waals surface area contributed by atoms with Gasteiger partial charge in [0.15, 0.2) is 0 Å². The summed E-state index contributed by atoms with van der Waals surface area (Å²) in [5.74, 6) is 0.704. The third-order valence-electron chi connectivity index (χ3n) is 4.59. The number of amides is 1. The summed E-state index contributed by atoms with van der Waals surface area (Å²) >= 11 is 6.00. The Morgan fingerprint density at radius 1 is 1.36 bits per heavy atom. The minimum atomic E-state index is -0.173. The third kappa shape index (κ3) is 2.51. The molecule has 2 aromatic rings. The topological polar surface area (TPSA) is 59.0 Å². The lowest BCUT2D eigenvalue weighted by Crippen LogP contribution is -2.49. The Kier molecular flexibility index (Phi) is 3.39. The van der Waals surface area contributed by atoms with E-state index < -0.39 is 0 Å². The number of benzene rings is 1. The molecule has 3 unspecified atom stereocenters. The van der Waals surface area contributed by atoms with E-state index in [-0.39, 0.29) is 12.1 Å². The summed E-state index contributed by atoms with van der Waals surface area (Å²) in [6, 6.07) is 7.97. The Bertz CT molecular complexity index is 714. The van der Waals surface area contributed by atoms with Gasteiger partial charge in [-0.3, -0.25) is 0 Å². The maximum Gasteiger partial charge on any atom is 0.342 e. The van der Waals surface area contributed by atoms with Gasteiger partial charge in [0.25, 0.3) is 0 Å². The van der Waals surface area contributed by atoms with E-state index in [1.165, 1.54) is 4.68 Å². The highest BCUT2D eigenvalue weighted by atomic mass is 35.5. The van der Waals surface area contributed by atoms with Gasteiger partial charge >= 0.3 is 6.03 Å². The van der Waals surface area contributed by atoms with Gasteiger partial charge in [0.05, 0.1) is 6.20 Å². The molecule has 114 valence electrons. The van der Waals surface area contributed by atoms with E-state index in [0.29, 0.717) is 17.0 Å². The van der Waals surface area contributed by atoms with Crippen molar-refractivity contribution in [2.75, 3.05) is 6.54 Å². The monoisotopic (exact) mass is 316 g/mol. The van der Waals surface area contributed by atoms with Crippen LogP contribution in [0, 0.1) is 5.92 Å². The summed E-state index contributed by atoms with van der Waals surface area (Å²) in [5.41, 5.74) is 1.83. The second-order valence-corrected chi connectivity index (χ2v) is 6.53. The normalized spacial score (nSPS) is 26.3. The number of nitrogens with zero attached hydrogens (tertiary/aromatic N) is 2. The fourth-order valence-corrected chi connectivity index (χ4v) is 3.68. The first-order valence-electron chi connectivity index (χ1n) is 7.54. The van der Waals surface area contributed by atoms with Crippen LogP contribution in [0.15, 0.2) is 36.7 Å². The van der Waals surface area contributed by atoms with E-state index >= 15 is 0 Å². The molecule has 3 atom stereocenters. The molecule has 1 saturated carbocycles. The van der Waals surface area contributed by atoms with Crippen LogP contribution >= 0.6 is 11.6 Å². The Morgan fingerprint density at radius 3 is 3.00 bits per heavy atom. The van der Waals surface area contributed by atoms with Gasteiger partial charge in [-0.2, -0.15) is 9.78 Å². The van der Waals surface area contributed by atoms with Gasteiger partial charge in [-0.15, -0.1) is 0 Å². The minimum Gasteiger partial charge on any atom is -0.332 e. The van der Waals surface area contributed by atoms with Crippen molar-refractivity contribution in [2.24, 2.45) is 5.92 Å². The summed E-state index contributed by atoms with van der Waals surface area (Å²) in [6.45, 7) is 1.08. The SMILES string of the molecule is O=C(NC1CC2CNC1C2)n1cc(-c2cccc(Cl)c2)cn1. The first-order chi connectivity index (χ1) is 10.7. The number of rotatable bonds is 2. The molecule has 2 fully saturated rings. The van der Waals surface area contributed by atoms with Crippen molar-refractivity contribution < 1.29 is 4.79 Å². The number of fused-ring (bicyclic) bond motifs is 2. The lowest BCUT2D eigenvalue weighted by molar-refractivity contribution is 0.231. The van der Waals surface area contributed by atoms with Crippen molar-refractivity contribution in [2.45, 2.75) is 24.9 Å². The molecule has 4 rings (SSSR count). The second kappa shape index (κ2) is 5.41. The quantitative estimate of drug-likeness (QED) is 0.895. The smallest absolute Gasteiger partial charge is 0.332 e. The summed E-state index contributed by atoms with van der Waals surface area (Å²) in [5, 5.41) is 11.4. The molecular formula is C16H17ClN4O. The summed E-state index contributed by atoms with van der Waals surface area (Å²) in [4.78, 5) is 12.3. The maximum absolute atomic E-state index is 12.3.